The van der Waals surface area contributed by atoms with Gasteiger partial charge in [-0.15, -0.1) is 0 Å². The van der Waals surface area contributed by atoms with Crippen LogP contribution >= 0.6 is 0 Å². The second kappa shape index (κ2) is 6.17. The molecule has 0 atom stereocenters. The van der Waals surface area contributed by atoms with E-state index in [-0.39, 0.29) is 0 Å². The quantitative estimate of drug-likeness (QED) is 0.579. The van der Waals surface area contributed by atoms with E-state index in [1.807, 2.05) is 24.3 Å². The molecule has 0 spiro atoms. The van der Waals surface area contributed by atoms with Gasteiger partial charge in [-0.2, -0.15) is 8.42 Å². The molecular weight excluding hydrogens is 304 g/mol. The number of carbonyl (C=O) groups excluding carboxylic acids is 1. The fourth-order valence-corrected chi connectivity index (χ4v) is 2.95. The predicted octanol–water partition coefficient (Wildman–Crippen LogP) is 2.15. The van der Waals surface area contributed by atoms with Crippen LogP contribution in [-0.4, -0.2) is 42.3 Å². The summed E-state index contributed by atoms with van der Waals surface area (Å²) in [5.74, 6) is 0. The molecule has 1 amide bonds. The van der Waals surface area contributed by atoms with Gasteiger partial charge in [-0.1, -0.05) is 36.4 Å². The van der Waals surface area contributed by atoms with Gasteiger partial charge in [0, 0.05) is 24.9 Å². The normalized spacial score (nSPS) is 11.0. The summed E-state index contributed by atoms with van der Waals surface area (Å²) < 4.78 is 33.1. The molecule has 3 rings (SSSR count). The molecule has 116 valence electrons. The van der Waals surface area contributed by atoms with Crippen molar-refractivity contribution in [2.45, 2.75) is 0 Å². The Morgan fingerprint density at radius 2 is 1.32 bits per heavy atom. The number of fused-ring (bicyclic) bond motifs is 3. The smallest absolute Gasteiger partial charge is 0.351 e. The summed E-state index contributed by atoms with van der Waals surface area (Å²) in [5.41, 5.74) is 0.965. The Morgan fingerprint density at radius 1 is 0.955 bits per heavy atom. The van der Waals surface area contributed by atoms with E-state index in [1.54, 1.807) is 38.4 Å². The van der Waals surface area contributed by atoms with Gasteiger partial charge < -0.3 is 4.90 Å². The highest BCUT2D eigenvalue weighted by Crippen LogP contribution is 2.29. The summed E-state index contributed by atoms with van der Waals surface area (Å²) in [6, 6.07) is 14.2. The van der Waals surface area contributed by atoms with Crippen LogP contribution < -0.4 is 0 Å². The van der Waals surface area contributed by atoms with Gasteiger partial charge in [0.1, 0.15) is 0 Å². The van der Waals surface area contributed by atoms with E-state index in [0.29, 0.717) is 11.0 Å². The molecular formula is C15H16N2O4S. The van der Waals surface area contributed by atoms with E-state index in [4.69, 9.17) is 0 Å². The van der Waals surface area contributed by atoms with Gasteiger partial charge in [0.15, 0.2) is 0 Å². The summed E-state index contributed by atoms with van der Waals surface area (Å²) in [6.07, 6.45) is 0.750. The Labute approximate surface area is 128 Å². The van der Waals surface area contributed by atoms with Crippen LogP contribution in [0.3, 0.4) is 0 Å². The SMILES string of the molecule is CN(C)C=O.O=S(=O)(O)n1c2ccccc2c2ccccc21. The molecule has 0 unspecified atom stereocenters. The molecule has 0 aliphatic carbocycles. The van der Waals surface area contributed by atoms with Gasteiger partial charge >= 0.3 is 10.3 Å². The van der Waals surface area contributed by atoms with Crippen molar-refractivity contribution >= 4 is 38.5 Å². The van der Waals surface area contributed by atoms with Crippen molar-refractivity contribution in [2.75, 3.05) is 14.1 Å². The van der Waals surface area contributed by atoms with Gasteiger partial charge in [-0.3, -0.25) is 9.35 Å². The molecule has 0 aliphatic heterocycles. The molecule has 0 aliphatic rings. The largest absolute Gasteiger partial charge is 0.364 e. The van der Waals surface area contributed by atoms with Crippen molar-refractivity contribution in [3.05, 3.63) is 48.5 Å². The lowest BCUT2D eigenvalue weighted by Crippen LogP contribution is -2.09. The second-order valence-corrected chi connectivity index (χ2v) is 6.11. The Morgan fingerprint density at radius 3 is 1.64 bits per heavy atom. The number of para-hydroxylation sites is 2. The molecule has 0 radical (unpaired) electrons. The van der Waals surface area contributed by atoms with Gasteiger partial charge in [0.25, 0.3) is 0 Å². The molecule has 0 saturated carbocycles. The van der Waals surface area contributed by atoms with E-state index in [2.05, 4.69) is 0 Å². The molecule has 0 saturated heterocycles. The molecule has 7 heteroatoms. The molecule has 1 N–H and O–H groups in total. The molecule has 1 heterocycles. The standard InChI is InChI=1S/C12H9NO3S.C3H7NO/c14-17(15,16)13-11-7-3-1-5-9(11)10-6-2-4-8-12(10)13;1-4(2)3-5/h1-8H,(H,14,15,16);3H,1-2H3. The Hall–Kier alpha value is -2.38. The van der Waals surface area contributed by atoms with Crippen molar-refractivity contribution in [3.8, 4) is 0 Å². The highest BCUT2D eigenvalue weighted by molar-refractivity contribution is 7.84. The third kappa shape index (κ3) is 3.10. The van der Waals surface area contributed by atoms with Crippen LogP contribution in [0.2, 0.25) is 0 Å². The second-order valence-electron chi connectivity index (χ2n) is 4.85. The number of nitrogens with zero attached hydrogens (tertiary/aromatic N) is 2. The zero-order valence-electron chi connectivity index (χ0n) is 12.2. The lowest BCUT2D eigenvalue weighted by Gasteiger charge is -2.01. The summed E-state index contributed by atoms with van der Waals surface area (Å²) in [7, 11) is -0.921. The van der Waals surface area contributed by atoms with Crippen LogP contribution in [-0.2, 0) is 15.1 Å². The van der Waals surface area contributed by atoms with Gasteiger partial charge in [-0.05, 0) is 12.1 Å². The number of amides is 1. The average Bonchev–Trinajstić information content (AvgIpc) is 2.82. The van der Waals surface area contributed by atoms with E-state index in [1.165, 1.54) is 4.90 Å². The summed E-state index contributed by atoms with van der Waals surface area (Å²) in [6.45, 7) is 0. The molecule has 2 aromatic carbocycles. The number of rotatable bonds is 2. The molecule has 3 aromatic rings. The maximum absolute atomic E-state index is 11.4. The summed E-state index contributed by atoms with van der Waals surface area (Å²) in [4.78, 5) is 10.9. The van der Waals surface area contributed by atoms with Crippen LogP contribution in [0.5, 0.6) is 0 Å². The van der Waals surface area contributed by atoms with Crippen molar-refractivity contribution in [1.82, 2.24) is 8.87 Å². The van der Waals surface area contributed by atoms with Crippen LogP contribution in [0.1, 0.15) is 0 Å². The molecule has 6 nitrogen and oxygen atoms in total. The van der Waals surface area contributed by atoms with Gasteiger partial charge in [0.05, 0.1) is 11.0 Å². The zero-order chi connectivity index (χ0) is 16.3. The third-order valence-electron chi connectivity index (χ3n) is 2.98. The first-order chi connectivity index (χ1) is 10.4. The average molecular weight is 320 g/mol. The lowest BCUT2D eigenvalue weighted by molar-refractivity contribution is -0.115. The topological polar surface area (TPSA) is 79.6 Å². The van der Waals surface area contributed by atoms with Crippen LogP contribution in [0.4, 0.5) is 0 Å². The van der Waals surface area contributed by atoms with E-state index in [9.17, 15) is 17.8 Å². The minimum atomic E-state index is -4.30. The summed E-state index contributed by atoms with van der Waals surface area (Å²) >= 11 is 0. The predicted molar refractivity (Wildman–Crippen MR) is 86.1 cm³/mol. The molecule has 0 fully saturated rings. The van der Waals surface area contributed by atoms with E-state index in [0.717, 1.165) is 21.2 Å². The van der Waals surface area contributed by atoms with Crippen molar-refractivity contribution in [3.63, 3.8) is 0 Å². The highest BCUT2D eigenvalue weighted by atomic mass is 32.2. The Balaban J connectivity index is 0.000000309. The molecule has 22 heavy (non-hydrogen) atoms. The minimum Gasteiger partial charge on any atom is -0.351 e. The Kier molecular flexibility index (Phi) is 4.48. The van der Waals surface area contributed by atoms with Crippen molar-refractivity contribution in [2.24, 2.45) is 0 Å². The van der Waals surface area contributed by atoms with Crippen molar-refractivity contribution < 1.29 is 17.8 Å². The number of hydrogen-bond acceptors (Lipinski definition) is 3. The highest BCUT2D eigenvalue weighted by Gasteiger charge is 2.17. The maximum atomic E-state index is 11.4. The first-order valence-corrected chi connectivity index (χ1v) is 7.84. The monoisotopic (exact) mass is 320 g/mol. The zero-order valence-corrected chi connectivity index (χ0v) is 13.0. The number of carbonyl (C=O) groups is 1. The van der Waals surface area contributed by atoms with Crippen LogP contribution in [0, 0.1) is 0 Å². The summed E-state index contributed by atoms with van der Waals surface area (Å²) in [5, 5.41) is 1.61. The molecule has 0 bridgehead atoms. The number of benzene rings is 2. The Bertz CT molecular complexity index is 860. The van der Waals surface area contributed by atoms with Crippen molar-refractivity contribution in [1.29, 1.82) is 0 Å². The van der Waals surface area contributed by atoms with Gasteiger partial charge in [-0.25, -0.2) is 3.97 Å². The molecule has 1 aromatic heterocycles. The third-order valence-corrected chi connectivity index (χ3v) is 3.83. The number of hydrogen-bond donors (Lipinski definition) is 1. The van der Waals surface area contributed by atoms with E-state index < -0.39 is 10.3 Å². The van der Waals surface area contributed by atoms with Gasteiger partial charge in [0.2, 0.25) is 6.41 Å². The first kappa shape index (κ1) is 16.0. The van der Waals surface area contributed by atoms with Crippen LogP contribution in [0.25, 0.3) is 21.8 Å². The fourth-order valence-electron chi connectivity index (χ4n) is 2.14. The maximum Gasteiger partial charge on any atom is 0.364 e. The fraction of sp³-hybridized carbons (Fsp3) is 0.133. The first-order valence-electron chi connectivity index (χ1n) is 6.44. The lowest BCUT2D eigenvalue weighted by atomic mass is 10.2. The number of aromatic nitrogens is 1. The minimum absolute atomic E-state index is 0.483. The van der Waals surface area contributed by atoms with Crippen LogP contribution in [0.15, 0.2) is 48.5 Å². The van der Waals surface area contributed by atoms with E-state index >= 15 is 0 Å².